The lowest BCUT2D eigenvalue weighted by atomic mass is 10.2. The minimum atomic E-state index is -0.234. The molecule has 0 aliphatic carbocycles. The number of benzene rings is 1. The van der Waals surface area contributed by atoms with Gasteiger partial charge in [-0.25, -0.2) is 0 Å². The highest BCUT2D eigenvalue weighted by molar-refractivity contribution is 7.80. The Bertz CT molecular complexity index is 405. The van der Waals surface area contributed by atoms with E-state index in [0.29, 0.717) is 15.7 Å². The van der Waals surface area contributed by atoms with Gasteiger partial charge >= 0.3 is 0 Å². The largest absolute Gasteiger partial charge is 0.360 e. The molecule has 0 heterocycles. The second-order valence-electron chi connectivity index (χ2n) is 3.74. The number of carbonyl (C=O) groups excluding carboxylic acids is 1. The fourth-order valence-corrected chi connectivity index (χ4v) is 1.56. The monoisotopic (exact) mass is 270 g/mol. The number of thiocarbonyl (C=S) groups is 1. The van der Waals surface area contributed by atoms with Gasteiger partial charge in [-0.05, 0) is 49.8 Å². The summed E-state index contributed by atoms with van der Waals surface area (Å²) in [6.45, 7) is 4.04. The predicted molar refractivity (Wildman–Crippen MR) is 74.4 cm³/mol. The van der Waals surface area contributed by atoms with Gasteiger partial charge in [-0.15, -0.1) is 0 Å². The zero-order valence-electron chi connectivity index (χ0n) is 9.79. The topological polar surface area (TPSA) is 41.1 Å². The molecule has 0 spiro atoms. The molecule has 0 bridgehead atoms. The highest BCUT2D eigenvalue weighted by Crippen LogP contribution is 2.09. The average Bonchev–Trinajstić information content (AvgIpc) is 2.29. The molecule has 17 heavy (non-hydrogen) atoms. The standard InChI is InChI=1S/C12H15ClN2OS/c1-3-8(2)14-12(17)15-11(16)9-4-6-10(13)7-5-9/h4-8H,3H2,1-2H3,(H2,14,15,16,17). The maximum atomic E-state index is 11.8. The van der Waals surface area contributed by atoms with Crippen molar-refractivity contribution in [2.24, 2.45) is 0 Å². The van der Waals surface area contributed by atoms with Crippen molar-refractivity contribution < 1.29 is 4.79 Å². The van der Waals surface area contributed by atoms with Crippen molar-refractivity contribution in [1.29, 1.82) is 0 Å². The molecule has 1 unspecified atom stereocenters. The first-order chi connectivity index (χ1) is 8.02. The zero-order chi connectivity index (χ0) is 12.8. The number of rotatable bonds is 3. The van der Waals surface area contributed by atoms with Crippen molar-refractivity contribution in [3.05, 3.63) is 34.9 Å². The Morgan fingerprint density at radius 1 is 1.41 bits per heavy atom. The van der Waals surface area contributed by atoms with Crippen LogP contribution in [0, 0.1) is 0 Å². The molecule has 1 aromatic rings. The molecule has 1 aromatic carbocycles. The first kappa shape index (κ1) is 13.9. The van der Waals surface area contributed by atoms with Crippen LogP contribution in [-0.4, -0.2) is 17.1 Å². The Morgan fingerprint density at radius 2 is 2.00 bits per heavy atom. The van der Waals surface area contributed by atoms with Crippen LogP contribution in [0.5, 0.6) is 0 Å². The van der Waals surface area contributed by atoms with Gasteiger partial charge < -0.3 is 5.32 Å². The Hall–Kier alpha value is -1.13. The summed E-state index contributed by atoms with van der Waals surface area (Å²) in [4.78, 5) is 11.8. The van der Waals surface area contributed by atoms with Gasteiger partial charge in [-0.2, -0.15) is 0 Å². The van der Waals surface area contributed by atoms with Crippen molar-refractivity contribution in [1.82, 2.24) is 10.6 Å². The summed E-state index contributed by atoms with van der Waals surface area (Å²) in [5.74, 6) is -0.234. The summed E-state index contributed by atoms with van der Waals surface area (Å²) in [5, 5.41) is 6.58. The molecular formula is C12H15ClN2OS. The lowest BCUT2D eigenvalue weighted by Gasteiger charge is -2.14. The van der Waals surface area contributed by atoms with Crippen LogP contribution in [0.1, 0.15) is 30.6 Å². The van der Waals surface area contributed by atoms with E-state index >= 15 is 0 Å². The molecule has 5 heteroatoms. The van der Waals surface area contributed by atoms with Crippen LogP contribution in [-0.2, 0) is 0 Å². The van der Waals surface area contributed by atoms with E-state index in [4.69, 9.17) is 23.8 Å². The average molecular weight is 271 g/mol. The number of hydrogen-bond acceptors (Lipinski definition) is 2. The molecule has 0 aliphatic rings. The Labute approximate surface area is 112 Å². The van der Waals surface area contributed by atoms with Gasteiger partial charge in [0.2, 0.25) is 0 Å². The lowest BCUT2D eigenvalue weighted by Crippen LogP contribution is -2.43. The Kier molecular flexibility index (Phi) is 5.38. The number of halogens is 1. The van der Waals surface area contributed by atoms with Crippen LogP contribution in [0.25, 0.3) is 0 Å². The zero-order valence-corrected chi connectivity index (χ0v) is 11.4. The van der Waals surface area contributed by atoms with Crippen molar-refractivity contribution >= 4 is 34.8 Å². The van der Waals surface area contributed by atoms with Crippen LogP contribution in [0.2, 0.25) is 5.02 Å². The number of amides is 1. The molecule has 92 valence electrons. The first-order valence-corrected chi connectivity index (χ1v) is 6.19. The molecule has 1 atom stereocenters. The molecule has 0 aromatic heterocycles. The van der Waals surface area contributed by atoms with Gasteiger partial charge in [0.05, 0.1) is 0 Å². The minimum absolute atomic E-state index is 0.234. The number of hydrogen-bond donors (Lipinski definition) is 2. The smallest absolute Gasteiger partial charge is 0.257 e. The van der Waals surface area contributed by atoms with Crippen LogP contribution in [0.4, 0.5) is 0 Å². The van der Waals surface area contributed by atoms with Gasteiger partial charge in [0.25, 0.3) is 5.91 Å². The molecule has 3 nitrogen and oxygen atoms in total. The molecule has 0 saturated carbocycles. The molecule has 0 aliphatic heterocycles. The third kappa shape index (κ3) is 4.71. The fraction of sp³-hybridized carbons (Fsp3) is 0.333. The minimum Gasteiger partial charge on any atom is -0.360 e. The van der Waals surface area contributed by atoms with E-state index in [0.717, 1.165) is 6.42 Å². The highest BCUT2D eigenvalue weighted by atomic mass is 35.5. The summed E-state index contributed by atoms with van der Waals surface area (Å²) in [6.07, 6.45) is 0.941. The summed E-state index contributed by atoms with van der Waals surface area (Å²) >= 11 is 10.8. The summed E-state index contributed by atoms with van der Waals surface area (Å²) < 4.78 is 0. The summed E-state index contributed by atoms with van der Waals surface area (Å²) in [5.41, 5.74) is 0.530. The Morgan fingerprint density at radius 3 is 2.53 bits per heavy atom. The van der Waals surface area contributed by atoms with Crippen LogP contribution < -0.4 is 10.6 Å². The van der Waals surface area contributed by atoms with Gasteiger partial charge in [-0.3, -0.25) is 10.1 Å². The van der Waals surface area contributed by atoms with Gasteiger partial charge in [0.15, 0.2) is 5.11 Å². The summed E-state index contributed by atoms with van der Waals surface area (Å²) in [7, 11) is 0. The van der Waals surface area contributed by atoms with Crippen molar-refractivity contribution in [2.75, 3.05) is 0 Å². The van der Waals surface area contributed by atoms with E-state index in [2.05, 4.69) is 10.6 Å². The maximum absolute atomic E-state index is 11.8. The number of nitrogens with one attached hydrogen (secondary N) is 2. The lowest BCUT2D eigenvalue weighted by molar-refractivity contribution is 0.0976. The van der Waals surface area contributed by atoms with E-state index in [9.17, 15) is 4.79 Å². The SMILES string of the molecule is CCC(C)NC(=S)NC(=O)c1ccc(Cl)cc1. The van der Waals surface area contributed by atoms with E-state index in [-0.39, 0.29) is 11.9 Å². The molecule has 1 rings (SSSR count). The molecule has 2 N–H and O–H groups in total. The number of carbonyl (C=O) groups is 1. The summed E-state index contributed by atoms with van der Waals surface area (Å²) in [6, 6.07) is 6.89. The maximum Gasteiger partial charge on any atom is 0.257 e. The van der Waals surface area contributed by atoms with Gasteiger partial charge in [0, 0.05) is 16.6 Å². The fourth-order valence-electron chi connectivity index (χ4n) is 1.14. The Balaban J connectivity index is 2.54. The van der Waals surface area contributed by atoms with E-state index in [1.165, 1.54) is 0 Å². The molecule has 0 fully saturated rings. The van der Waals surface area contributed by atoms with Gasteiger partial charge in [0.1, 0.15) is 0 Å². The molecule has 1 amide bonds. The van der Waals surface area contributed by atoms with Crippen LogP contribution in [0.3, 0.4) is 0 Å². The van der Waals surface area contributed by atoms with Crippen LogP contribution in [0.15, 0.2) is 24.3 Å². The van der Waals surface area contributed by atoms with Crippen molar-refractivity contribution in [2.45, 2.75) is 26.3 Å². The third-order valence-electron chi connectivity index (χ3n) is 2.32. The quantitative estimate of drug-likeness (QED) is 0.830. The van der Waals surface area contributed by atoms with Crippen LogP contribution >= 0.6 is 23.8 Å². The normalized spacial score (nSPS) is 11.7. The van der Waals surface area contributed by atoms with E-state index in [1.54, 1.807) is 24.3 Å². The molecule has 0 saturated heterocycles. The van der Waals surface area contributed by atoms with Crippen molar-refractivity contribution in [3.8, 4) is 0 Å². The van der Waals surface area contributed by atoms with Gasteiger partial charge in [-0.1, -0.05) is 18.5 Å². The predicted octanol–water partition coefficient (Wildman–Crippen LogP) is 2.74. The molecular weight excluding hydrogens is 256 g/mol. The van der Waals surface area contributed by atoms with Crippen molar-refractivity contribution in [3.63, 3.8) is 0 Å². The molecule has 0 radical (unpaired) electrons. The second kappa shape index (κ2) is 6.57. The third-order valence-corrected chi connectivity index (χ3v) is 2.80. The second-order valence-corrected chi connectivity index (χ2v) is 4.59. The first-order valence-electron chi connectivity index (χ1n) is 5.40. The van der Waals surface area contributed by atoms with E-state index < -0.39 is 0 Å². The van der Waals surface area contributed by atoms with E-state index in [1.807, 2.05) is 13.8 Å². The highest BCUT2D eigenvalue weighted by Gasteiger charge is 2.08.